The summed E-state index contributed by atoms with van der Waals surface area (Å²) < 4.78 is 28.3. The molecular weight excluding hydrogens is 298 g/mol. The lowest BCUT2D eigenvalue weighted by atomic mass is 10.1. The number of fused-ring (bicyclic) bond motifs is 1. The molecule has 1 saturated heterocycles. The van der Waals surface area contributed by atoms with E-state index in [1.54, 1.807) is 18.3 Å². The number of nitrogens with zero attached hydrogens (tertiary/aromatic N) is 2. The van der Waals surface area contributed by atoms with Crippen LogP contribution in [0.2, 0.25) is 0 Å². The maximum absolute atomic E-state index is 12.7. The Morgan fingerprint density at radius 1 is 1.23 bits per heavy atom. The second-order valence-electron chi connectivity index (χ2n) is 5.66. The van der Waals surface area contributed by atoms with Gasteiger partial charge in [0.25, 0.3) is 0 Å². The van der Waals surface area contributed by atoms with Crippen LogP contribution < -0.4 is 4.72 Å². The van der Waals surface area contributed by atoms with E-state index in [9.17, 15) is 8.42 Å². The molecule has 1 aromatic carbocycles. The first-order chi connectivity index (χ1) is 10.6. The van der Waals surface area contributed by atoms with E-state index in [1.807, 2.05) is 18.2 Å². The molecule has 1 aromatic heterocycles. The Labute approximate surface area is 131 Å². The van der Waals surface area contributed by atoms with Gasteiger partial charge in [0.2, 0.25) is 10.0 Å². The molecule has 0 unspecified atom stereocenters. The number of piperidine rings is 1. The van der Waals surface area contributed by atoms with Crippen LogP contribution in [0.5, 0.6) is 0 Å². The first-order valence-corrected chi connectivity index (χ1v) is 9.17. The zero-order valence-corrected chi connectivity index (χ0v) is 13.5. The van der Waals surface area contributed by atoms with E-state index in [0.29, 0.717) is 5.52 Å². The SMILES string of the molecule is CCN1CCC(NS(=O)(=O)c2cccc3cccnc23)CC1. The van der Waals surface area contributed by atoms with Crippen molar-refractivity contribution in [1.29, 1.82) is 0 Å². The molecule has 0 saturated carbocycles. The Balaban J connectivity index is 1.83. The van der Waals surface area contributed by atoms with Gasteiger partial charge in [-0.1, -0.05) is 25.1 Å². The molecular formula is C16H21N3O2S. The average molecular weight is 319 g/mol. The fraction of sp³-hybridized carbons (Fsp3) is 0.438. The second-order valence-corrected chi connectivity index (χ2v) is 7.34. The van der Waals surface area contributed by atoms with Crippen molar-refractivity contribution in [3.05, 3.63) is 36.5 Å². The van der Waals surface area contributed by atoms with Gasteiger partial charge in [0.05, 0.1) is 5.52 Å². The van der Waals surface area contributed by atoms with Gasteiger partial charge in [0.15, 0.2) is 0 Å². The van der Waals surface area contributed by atoms with Crippen LogP contribution in [0.3, 0.4) is 0 Å². The molecule has 1 fully saturated rings. The summed E-state index contributed by atoms with van der Waals surface area (Å²) in [5.74, 6) is 0. The molecule has 118 valence electrons. The van der Waals surface area contributed by atoms with E-state index in [4.69, 9.17) is 0 Å². The maximum atomic E-state index is 12.7. The standard InChI is InChI=1S/C16H21N3O2S/c1-2-19-11-8-14(9-12-19)18-22(20,21)15-7-3-5-13-6-4-10-17-16(13)15/h3-7,10,14,18H,2,8-9,11-12H2,1H3. The van der Waals surface area contributed by atoms with Gasteiger partial charge in [-0.15, -0.1) is 0 Å². The van der Waals surface area contributed by atoms with Crippen LogP contribution in [0.1, 0.15) is 19.8 Å². The molecule has 0 amide bonds. The van der Waals surface area contributed by atoms with Gasteiger partial charge in [-0.25, -0.2) is 13.1 Å². The first kappa shape index (κ1) is 15.4. The smallest absolute Gasteiger partial charge is 0.242 e. The molecule has 1 aliphatic rings. The van der Waals surface area contributed by atoms with E-state index in [-0.39, 0.29) is 10.9 Å². The number of hydrogen-bond donors (Lipinski definition) is 1. The van der Waals surface area contributed by atoms with Gasteiger partial charge in [-0.3, -0.25) is 4.98 Å². The minimum Gasteiger partial charge on any atom is -0.303 e. The Hall–Kier alpha value is -1.50. The Bertz CT molecular complexity index is 748. The van der Waals surface area contributed by atoms with Gasteiger partial charge >= 0.3 is 0 Å². The molecule has 0 atom stereocenters. The van der Waals surface area contributed by atoms with Gasteiger partial charge in [-0.05, 0) is 44.6 Å². The van der Waals surface area contributed by atoms with E-state index in [0.717, 1.165) is 37.9 Å². The normalized spacial score (nSPS) is 17.9. The number of benzene rings is 1. The monoisotopic (exact) mass is 319 g/mol. The third-order valence-electron chi connectivity index (χ3n) is 4.24. The fourth-order valence-electron chi connectivity index (χ4n) is 2.94. The molecule has 22 heavy (non-hydrogen) atoms. The van der Waals surface area contributed by atoms with Crippen molar-refractivity contribution >= 4 is 20.9 Å². The zero-order valence-electron chi connectivity index (χ0n) is 12.7. The lowest BCUT2D eigenvalue weighted by Gasteiger charge is -2.31. The fourth-order valence-corrected chi connectivity index (χ4v) is 4.43. The topological polar surface area (TPSA) is 62.3 Å². The molecule has 1 aliphatic heterocycles. The number of likely N-dealkylation sites (tertiary alicyclic amines) is 1. The van der Waals surface area contributed by atoms with Crippen LogP contribution in [-0.2, 0) is 10.0 Å². The lowest BCUT2D eigenvalue weighted by Crippen LogP contribution is -2.44. The summed E-state index contributed by atoms with van der Waals surface area (Å²) in [4.78, 5) is 6.84. The van der Waals surface area contributed by atoms with E-state index in [2.05, 4.69) is 21.5 Å². The Morgan fingerprint density at radius 2 is 1.95 bits per heavy atom. The molecule has 3 rings (SSSR count). The van der Waals surface area contributed by atoms with Crippen molar-refractivity contribution in [2.45, 2.75) is 30.7 Å². The van der Waals surface area contributed by atoms with E-state index in [1.165, 1.54) is 0 Å². The molecule has 0 bridgehead atoms. The quantitative estimate of drug-likeness (QED) is 0.936. The molecule has 0 spiro atoms. The van der Waals surface area contributed by atoms with Crippen molar-refractivity contribution in [3.8, 4) is 0 Å². The van der Waals surface area contributed by atoms with Crippen molar-refractivity contribution < 1.29 is 8.42 Å². The summed E-state index contributed by atoms with van der Waals surface area (Å²) >= 11 is 0. The molecule has 0 radical (unpaired) electrons. The largest absolute Gasteiger partial charge is 0.303 e. The predicted molar refractivity (Wildman–Crippen MR) is 87.2 cm³/mol. The molecule has 2 aromatic rings. The first-order valence-electron chi connectivity index (χ1n) is 7.68. The van der Waals surface area contributed by atoms with Crippen LogP contribution in [-0.4, -0.2) is 44.0 Å². The maximum Gasteiger partial charge on any atom is 0.242 e. The summed E-state index contributed by atoms with van der Waals surface area (Å²) in [7, 11) is -3.54. The van der Waals surface area contributed by atoms with Crippen molar-refractivity contribution in [3.63, 3.8) is 0 Å². The van der Waals surface area contributed by atoms with E-state index >= 15 is 0 Å². The second kappa shape index (κ2) is 6.32. The third kappa shape index (κ3) is 3.14. The number of nitrogens with one attached hydrogen (secondary N) is 1. The summed E-state index contributed by atoms with van der Waals surface area (Å²) in [6.07, 6.45) is 3.33. The van der Waals surface area contributed by atoms with Gasteiger partial charge in [0, 0.05) is 17.6 Å². The van der Waals surface area contributed by atoms with Crippen LogP contribution in [0.4, 0.5) is 0 Å². The van der Waals surface area contributed by atoms with Crippen LogP contribution in [0.25, 0.3) is 10.9 Å². The number of pyridine rings is 1. The highest BCUT2D eigenvalue weighted by atomic mass is 32.2. The summed E-state index contributed by atoms with van der Waals surface area (Å²) in [6, 6.07) is 8.96. The average Bonchev–Trinajstić information content (AvgIpc) is 2.54. The Morgan fingerprint density at radius 3 is 2.68 bits per heavy atom. The highest BCUT2D eigenvalue weighted by Crippen LogP contribution is 2.22. The molecule has 1 N–H and O–H groups in total. The number of hydrogen-bond acceptors (Lipinski definition) is 4. The molecule has 5 nitrogen and oxygen atoms in total. The summed E-state index contributed by atoms with van der Waals surface area (Å²) in [5, 5.41) is 0.839. The number of rotatable bonds is 4. The van der Waals surface area contributed by atoms with Crippen molar-refractivity contribution in [1.82, 2.24) is 14.6 Å². The summed E-state index contributed by atoms with van der Waals surface area (Å²) in [6.45, 7) is 5.04. The highest BCUT2D eigenvalue weighted by Gasteiger charge is 2.25. The molecule has 0 aliphatic carbocycles. The highest BCUT2D eigenvalue weighted by molar-refractivity contribution is 7.89. The lowest BCUT2D eigenvalue weighted by molar-refractivity contribution is 0.217. The Kier molecular flexibility index (Phi) is 4.42. The van der Waals surface area contributed by atoms with E-state index < -0.39 is 10.0 Å². The number of para-hydroxylation sites is 1. The minimum absolute atomic E-state index is 0.00627. The number of sulfonamides is 1. The van der Waals surface area contributed by atoms with Crippen LogP contribution in [0.15, 0.2) is 41.4 Å². The molecule has 2 heterocycles. The van der Waals surface area contributed by atoms with Crippen LogP contribution >= 0.6 is 0 Å². The van der Waals surface area contributed by atoms with Gasteiger partial charge in [0.1, 0.15) is 4.90 Å². The minimum atomic E-state index is -3.54. The number of aromatic nitrogens is 1. The van der Waals surface area contributed by atoms with Crippen LogP contribution in [0, 0.1) is 0 Å². The predicted octanol–water partition coefficient (Wildman–Crippen LogP) is 2.00. The van der Waals surface area contributed by atoms with Gasteiger partial charge < -0.3 is 4.90 Å². The zero-order chi connectivity index (χ0) is 15.6. The third-order valence-corrected chi connectivity index (χ3v) is 5.79. The summed E-state index contributed by atoms with van der Waals surface area (Å²) in [5.41, 5.74) is 0.531. The van der Waals surface area contributed by atoms with Gasteiger partial charge in [-0.2, -0.15) is 0 Å². The van der Waals surface area contributed by atoms with Crippen molar-refractivity contribution in [2.75, 3.05) is 19.6 Å². The molecule has 6 heteroatoms. The van der Waals surface area contributed by atoms with Crippen molar-refractivity contribution in [2.24, 2.45) is 0 Å².